The molecule has 0 amide bonds. The molecule has 0 atom stereocenters. The van der Waals surface area contributed by atoms with Crippen LogP contribution in [0.5, 0.6) is 0 Å². The maximum Gasteiger partial charge on any atom is 0.186 e. The van der Waals surface area contributed by atoms with Gasteiger partial charge >= 0.3 is 0 Å². The van der Waals surface area contributed by atoms with E-state index in [0.717, 1.165) is 0 Å². The van der Waals surface area contributed by atoms with Crippen LogP contribution in [0.4, 0.5) is 0 Å². The van der Waals surface area contributed by atoms with E-state index in [1.807, 2.05) is 13.8 Å². The van der Waals surface area contributed by atoms with Gasteiger partial charge in [-0.3, -0.25) is 10.9 Å². The minimum atomic E-state index is 0. The molecule has 0 spiro atoms. The summed E-state index contributed by atoms with van der Waals surface area (Å²) >= 11 is 9.74. The predicted octanol–water partition coefficient (Wildman–Crippen LogP) is -0.0765. The molecule has 0 bridgehead atoms. The summed E-state index contributed by atoms with van der Waals surface area (Å²) < 4.78 is 0. The molecule has 0 aromatic rings. The summed E-state index contributed by atoms with van der Waals surface area (Å²) in [5, 5.41) is 14.4. The van der Waals surface area contributed by atoms with Crippen molar-refractivity contribution in [1.29, 1.82) is 0 Å². The second kappa shape index (κ2) is 10.4. The zero-order chi connectivity index (χ0) is 12.6. The third-order valence-electron chi connectivity index (χ3n) is 1.63. The zero-order valence-electron chi connectivity index (χ0n) is 10.0. The summed E-state index contributed by atoms with van der Waals surface area (Å²) in [4.78, 5) is 0. The van der Waals surface area contributed by atoms with Crippen LogP contribution < -0.4 is 21.5 Å². The molecule has 9 heteroatoms. The van der Waals surface area contributed by atoms with Crippen molar-refractivity contribution in [3.05, 3.63) is 0 Å². The molecule has 6 nitrogen and oxygen atoms in total. The van der Waals surface area contributed by atoms with Crippen LogP contribution in [0.3, 0.4) is 0 Å². The summed E-state index contributed by atoms with van der Waals surface area (Å²) in [7, 11) is 3.43. The smallest absolute Gasteiger partial charge is 0.186 e. The third kappa shape index (κ3) is 8.99. The summed E-state index contributed by atoms with van der Waals surface area (Å²) in [6, 6.07) is 0. The van der Waals surface area contributed by atoms with Gasteiger partial charge in [0.1, 0.15) is 0 Å². The number of nitrogens with zero attached hydrogens (tertiary/aromatic N) is 2. The number of nitrogens with one attached hydrogen (secondary N) is 4. The van der Waals surface area contributed by atoms with E-state index in [4.69, 9.17) is 24.4 Å². The molecule has 0 fully saturated rings. The van der Waals surface area contributed by atoms with E-state index in [-0.39, 0.29) is 17.1 Å². The summed E-state index contributed by atoms with van der Waals surface area (Å²) in [6.07, 6.45) is 0. The Kier molecular flexibility index (Phi) is 11.4. The fraction of sp³-hybridized carbons (Fsp3) is 0.500. The van der Waals surface area contributed by atoms with Crippen molar-refractivity contribution in [2.24, 2.45) is 10.2 Å². The fourth-order valence-electron chi connectivity index (χ4n) is 0.543. The van der Waals surface area contributed by atoms with Gasteiger partial charge in [-0.1, -0.05) is 0 Å². The molecule has 0 unspecified atom stereocenters. The molecular weight excluding hydrogens is 308 g/mol. The summed E-state index contributed by atoms with van der Waals surface area (Å²) in [5.41, 5.74) is 6.76. The molecule has 0 saturated heterocycles. The standard InChI is InChI=1S/C8H16N6S2.Cu/c1-5(11-13-7(15)9-3)6(2)12-14-8(16)10-4;/h1-4H3,(H2,9,13,15)(H2,10,14,16);/b11-5+,12-6+;. The van der Waals surface area contributed by atoms with Gasteiger partial charge in [-0.2, -0.15) is 10.2 Å². The first-order valence-electron chi connectivity index (χ1n) is 4.55. The Labute approximate surface area is 123 Å². The van der Waals surface area contributed by atoms with Crippen molar-refractivity contribution in [3.8, 4) is 0 Å². The Balaban J connectivity index is 0. The van der Waals surface area contributed by atoms with Gasteiger partial charge in [0.05, 0.1) is 11.4 Å². The van der Waals surface area contributed by atoms with Crippen molar-refractivity contribution in [3.63, 3.8) is 0 Å². The largest absolute Gasteiger partial charge is 0.364 e. The first kappa shape index (κ1) is 18.6. The third-order valence-corrected chi connectivity index (χ3v) is 2.22. The number of thiocarbonyl (C=S) groups is 2. The maximum atomic E-state index is 4.87. The van der Waals surface area contributed by atoms with Crippen LogP contribution in [-0.2, 0) is 17.1 Å². The topological polar surface area (TPSA) is 72.8 Å². The van der Waals surface area contributed by atoms with Crippen LogP contribution in [0.2, 0.25) is 0 Å². The van der Waals surface area contributed by atoms with Gasteiger partial charge in [-0.15, -0.1) is 0 Å². The van der Waals surface area contributed by atoms with Gasteiger partial charge in [-0.05, 0) is 38.3 Å². The summed E-state index contributed by atoms with van der Waals surface area (Å²) in [6.45, 7) is 3.63. The van der Waals surface area contributed by atoms with E-state index in [2.05, 4.69) is 31.7 Å². The molecule has 1 radical (unpaired) electrons. The Morgan fingerprint density at radius 2 is 1.12 bits per heavy atom. The first-order valence-corrected chi connectivity index (χ1v) is 5.37. The molecule has 0 aliphatic carbocycles. The SMILES string of the molecule is CNC(=S)N/N=C(C)/C(C)=N/NC(=S)NC.[Cu]. The second-order valence-corrected chi connectivity index (χ2v) is 3.59. The van der Waals surface area contributed by atoms with Crippen LogP contribution >= 0.6 is 24.4 Å². The molecule has 0 aromatic heterocycles. The van der Waals surface area contributed by atoms with Crippen molar-refractivity contribution >= 4 is 46.1 Å². The summed E-state index contributed by atoms with van der Waals surface area (Å²) in [5.74, 6) is 0. The van der Waals surface area contributed by atoms with Crippen LogP contribution in [0.1, 0.15) is 13.8 Å². The quantitative estimate of drug-likeness (QED) is 0.252. The van der Waals surface area contributed by atoms with Gasteiger partial charge < -0.3 is 10.6 Å². The van der Waals surface area contributed by atoms with Crippen molar-refractivity contribution in [2.45, 2.75) is 13.8 Å². The second-order valence-electron chi connectivity index (χ2n) is 2.78. The van der Waals surface area contributed by atoms with Crippen molar-refractivity contribution in [2.75, 3.05) is 14.1 Å². The van der Waals surface area contributed by atoms with Crippen LogP contribution in [0.15, 0.2) is 10.2 Å². The van der Waals surface area contributed by atoms with Gasteiger partial charge in [-0.25, -0.2) is 0 Å². The van der Waals surface area contributed by atoms with Gasteiger partial charge in [0.2, 0.25) is 0 Å². The maximum absolute atomic E-state index is 4.87. The molecule has 0 heterocycles. The fourth-order valence-corrected chi connectivity index (χ4v) is 0.634. The Hall–Kier alpha value is -0.761. The van der Waals surface area contributed by atoms with Gasteiger partial charge in [0, 0.05) is 31.2 Å². The van der Waals surface area contributed by atoms with E-state index in [1.165, 1.54) is 0 Å². The van der Waals surface area contributed by atoms with Gasteiger partial charge in [0.15, 0.2) is 10.2 Å². The molecule has 0 rings (SSSR count). The average molecular weight is 324 g/mol. The molecule has 4 N–H and O–H groups in total. The number of hydrogen-bond acceptors (Lipinski definition) is 4. The molecule has 17 heavy (non-hydrogen) atoms. The van der Waals surface area contributed by atoms with Crippen molar-refractivity contribution in [1.82, 2.24) is 21.5 Å². The first-order chi connectivity index (χ1) is 7.51. The predicted molar refractivity (Wildman–Crippen MR) is 75.8 cm³/mol. The molecule has 0 saturated carbocycles. The minimum Gasteiger partial charge on any atom is -0.364 e. The molecular formula is C8H16CuN6S2. The molecule has 0 aliphatic rings. The minimum absolute atomic E-state index is 0. The Morgan fingerprint density at radius 1 is 0.824 bits per heavy atom. The normalized spacial score (nSPS) is 11.1. The van der Waals surface area contributed by atoms with Crippen LogP contribution in [-0.4, -0.2) is 35.7 Å². The van der Waals surface area contributed by atoms with Crippen LogP contribution in [0.25, 0.3) is 0 Å². The number of rotatable bonds is 3. The zero-order valence-corrected chi connectivity index (χ0v) is 12.6. The number of hydrogen-bond donors (Lipinski definition) is 4. The van der Waals surface area contributed by atoms with Crippen LogP contribution in [0, 0.1) is 0 Å². The molecule has 0 aromatic carbocycles. The van der Waals surface area contributed by atoms with E-state index < -0.39 is 0 Å². The number of hydrazone groups is 2. The monoisotopic (exact) mass is 323 g/mol. The molecule has 0 aliphatic heterocycles. The van der Waals surface area contributed by atoms with E-state index in [0.29, 0.717) is 21.6 Å². The average Bonchev–Trinajstić information content (AvgIpc) is 2.31. The Morgan fingerprint density at radius 3 is 1.35 bits per heavy atom. The van der Waals surface area contributed by atoms with Gasteiger partial charge in [0.25, 0.3) is 0 Å². The van der Waals surface area contributed by atoms with E-state index in [1.54, 1.807) is 14.1 Å². The Bertz CT molecular complexity index is 296. The van der Waals surface area contributed by atoms with E-state index in [9.17, 15) is 0 Å². The molecule has 101 valence electrons. The van der Waals surface area contributed by atoms with Crippen molar-refractivity contribution < 1.29 is 17.1 Å². The van der Waals surface area contributed by atoms with E-state index >= 15 is 0 Å².